The minimum Gasteiger partial charge on any atom is -0.373 e. The molecule has 0 spiro atoms. The lowest BCUT2D eigenvalue weighted by Gasteiger charge is -2.16. The first-order chi connectivity index (χ1) is 8.64. The maximum absolute atomic E-state index is 12.1. The summed E-state index contributed by atoms with van der Waals surface area (Å²) in [6.45, 7) is 1.16. The Labute approximate surface area is 109 Å². The fraction of sp³-hybridized carbons (Fsp3) is 0.500. The van der Waals surface area contributed by atoms with Crippen molar-refractivity contribution in [2.24, 2.45) is 0 Å². The quantitative estimate of drug-likeness (QED) is 0.868. The second-order valence-electron chi connectivity index (χ2n) is 3.97. The van der Waals surface area contributed by atoms with Crippen LogP contribution in [0.3, 0.4) is 0 Å². The maximum atomic E-state index is 12.1. The maximum Gasteiger partial charge on any atom is 0.390 e. The molecule has 108 valence electrons. The monoisotopic (exact) mass is 297 g/mol. The smallest absolute Gasteiger partial charge is 0.373 e. The normalized spacial score (nSPS) is 14.2. The van der Waals surface area contributed by atoms with Crippen LogP contribution in [0, 0.1) is 0 Å². The molecule has 0 aliphatic rings. The first-order valence-electron chi connectivity index (χ1n) is 5.37. The van der Waals surface area contributed by atoms with Gasteiger partial charge in [0.2, 0.25) is 10.0 Å². The summed E-state index contributed by atoms with van der Waals surface area (Å²) in [5, 5.41) is 2.65. The lowest BCUT2D eigenvalue weighted by atomic mass is 10.2. The van der Waals surface area contributed by atoms with Gasteiger partial charge in [-0.25, -0.2) is 18.1 Å². The van der Waals surface area contributed by atoms with Gasteiger partial charge in [-0.05, 0) is 13.0 Å². The van der Waals surface area contributed by atoms with E-state index < -0.39 is 28.7 Å². The Hall–Kier alpha value is -1.35. The number of anilines is 1. The van der Waals surface area contributed by atoms with Crippen molar-refractivity contribution in [3.63, 3.8) is 0 Å². The van der Waals surface area contributed by atoms with Crippen LogP contribution >= 0.6 is 0 Å². The molecule has 0 radical (unpaired) electrons. The number of rotatable bonds is 5. The Morgan fingerprint density at radius 1 is 1.42 bits per heavy atom. The minimum absolute atomic E-state index is 0.138. The standard InChI is InChI=1S/C10H14F3N3O2S/c1-7(6-10(11,12)13)16-19(17,18)8-3-4-15-9(5-8)14-2/h3-5,7,16H,6H2,1-2H3,(H,14,15). The van der Waals surface area contributed by atoms with E-state index in [0.29, 0.717) is 5.82 Å². The SMILES string of the molecule is CNc1cc(S(=O)(=O)NC(C)CC(F)(F)F)ccn1. The predicted molar refractivity (Wildman–Crippen MR) is 64.2 cm³/mol. The van der Waals surface area contributed by atoms with Crippen LogP contribution in [0.1, 0.15) is 13.3 Å². The zero-order chi connectivity index (χ0) is 14.7. The van der Waals surface area contributed by atoms with Gasteiger partial charge < -0.3 is 5.32 Å². The third-order valence-electron chi connectivity index (χ3n) is 2.19. The van der Waals surface area contributed by atoms with Crippen LogP contribution in [0.2, 0.25) is 0 Å². The van der Waals surface area contributed by atoms with E-state index in [0.717, 1.165) is 6.92 Å². The molecule has 9 heteroatoms. The number of nitrogens with zero attached hydrogens (tertiary/aromatic N) is 1. The fourth-order valence-corrected chi connectivity index (χ4v) is 2.69. The summed E-state index contributed by atoms with van der Waals surface area (Å²) in [4.78, 5) is 3.69. The van der Waals surface area contributed by atoms with Gasteiger partial charge in [-0.2, -0.15) is 13.2 Å². The molecule has 1 unspecified atom stereocenters. The first kappa shape index (κ1) is 15.7. The molecule has 19 heavy (non-hydrogen) atoms. The summed E-state index contributed by atoms with van der Waals surface area (Å²) in [7, 11) is -2.44. The highest BCUT2D eigenvalue weighted by Crippen LogP contribution is 2.22. The molecule has 1 heterocycles. The van der Waals surface area contributed by atoms with Crippen LogP contribution in [-0.2, 0) is 10.0 Å². The molecule has 0 fully saturated rings. The van der Waals surface area contributed by atoms with Gasteiger partial charge in [0, 0.05) is 25.4 Å². The van der Waals surface area contributed by atoms with Gasteiger partial charge in [0.1, 0.15) is 5.82 Å². The number of nitrogens with one attached hydrogen (secondary N) is 2. The lowest BCUT2D eigenvalue weighted by Crippen LogP contribution is -2.35. The van der Waals surface area contributed by atoms with Crippen LogP contribution in [0.5, 0.6) is 0 Å². The van der Waals surface area contributed by atoms with Crippen molar-refractivity contribution in [3.8, 4) is 0 Å². The van der Waals surface area contributed by atoms with Crippen molar-refractivity contribution in [2.45, 2.75) is 30.5 Å². The average molecular weight is 297 g/mol. The molecule has 1 atom stereocenters. The number of halogens is 3. The number of aromatic nitrogens is 1. The summed E-state index contributed by atoms with van der Waals surface area (Å²) in [5.74, 6) is 0.311. The zero-order valence-corrected chi connectivity index (χ0v) is 11.1. The second-order valence-corrected chi connectivity index (χ2v) is 5.68. The van der Waals surface area contributed by atoms with E-state index in [1.807, 2.05) is 4.72 Å². The summed E-state index contributed by atoms with van der Waals surface area (Å²) in [5.41, 5.74) is 0. The molecule has 0 saturated carbocycles. The second kappa shape index (κ2) is 5.74. The van der Waals surface area contributed by atoms with Gasteiger partial charge in [-0.15, -0.1) is 0 Å². The molecule has 0 aliphatic heterocycles. The van der Waals surface area contributed by atoms with E-state index >= 15 is 0 Å². The van der Waals surface area contributed by atoms with Gasteiger partial charge in [0.05, 0.1) is 11.3 Å². The molecule has 0 aliphatic carbocycles. The highest BCUT2D eigenvalue weighted by molar-refractivity contribution is 7.89. The Balaban J connectivity index is 2.86. The van der Waals surface area contributed by atoms with E-state index in [2.05, 4.69) is 10.3 Å². The first-order valence-corrected chi connectivity index (χ1v) is 6.85. The number of sulfonamides is 1. The molecule has 0 saturated heterocycles. The third kappa shape index (κ3) is 5.03. The molecular weight excluding hydrogens is 283 g/mol. The van der Waals surface area contributed by atoms with Gasteiger partial charge in [-0.1, -0.05) is 0 Å². The van der Waals surface area contributed by atoms with Gasteiger partial charge in [0.25, 0.3) is 0 Å². The third-order valence-corrected chi connectivity index (χ3v) is 3.78. The predicted octanol–water partition coefficient (Wildman–Crippen LogP) is 1.74. The summed E-state index contributed by atoms with van der Waals surface area (Å²) in [6, 6.07) is 1.21. The van der Waals surface area contributed by atoms with E-state index in [1.54, 1.807) is 7.05 Å². The molecule has 1 rings (SSSR count). The molecular formula is C10H14F3N3O2S. The van der Waals surface area contributed by atoms with Crippen LogP contribution < -0.4 is 10.0 Å². The summed E-state index contributed by atoms with van der Waals surface area (Å²) in [6.07, 6.45) is -4.39. The summed E-state index contributed by atoms with van der Waals surface area (Å²) >= 11 is 0. The number of pyridine rings is 1. The van der Waals surface area contributed by atoms with Crippen LogP contribution in [-0.4, -0.2) is 32.7 Å². The molecule has 1 aromatic rings. The van der Waals surface area contributed by atoms with Crippen molar-refractivity contribution in [1.29, 1.82) is 0 Å². The molecule has 0 amide bonds. The lowest BCUT2D eigenvalue weighted by molar-refractivity contribution is -0.137. The van der Waals surface area contributed by atoms with Crippen LogP contribution in [0.25, 0.3) is 0 Å². The Bertz CT molecular complexity index is 531. The van der Waals surface area contributed by atoms with Gasteiger partial charge >= 0.3 is 6.18 Å². The fourth-order valence-electron chi connectivity index (χ4n) is 1.44. The Kier molecular flexibility index (Phi) is 4.75. The highest BCUT2D eigenvalue weighted by atomic mass is 32.2. The largest absolute Gasteiger partial charge is 0.390 e. The molecule has 1 aromatic heterocycles. The van der Waals surface area contributed by atoms with Gasteiger partial charge in [0.15, 0.2) is 0 Å². The van der Waals surface area contributed by atoms with Crippen molar-refractivity contribution < 1.29 is 21.6 Å². The summed E-state index contributed by atoms with van der Waals surface area (Å²) < 4.78 is 62.1. The molecule has 5 nitrogen and oxygen atoms in total. The molecule has 0 aromatic carbocycles. The van der Waals surface area contributed by atoms with Crippen LogP contribution in [0.15, 0.2) is 23.2 Å². The van der Waals surface area contributed by atoms with E-state index in [4.69, 9.17) is 0 Å². The number of alkyl halides is 3. The molecule has 2 N–H and O–H groups in total. The van der Waals surface area contributed by atoms with Crippen molar-refractivity contribution in [1.82, 2.24) is 9.71 Å². The highest BCUT2D eigenvalue weighted by Gasteiger charge is 2.32. The number of hydrogen-bond acceptors (Lipinski definition) is 4. The van der Waals surface area contributed by atoms with Crippen molar-refractivity contribution in [3.05, 3.63) is 18.3 Å². The van der Waals surface area contributed by atoms with Crippen molar-refractivity contribution >= 4 is 15.8 Å². The van der Waals surface area contributed by atoms with Gasteiger partial charge in [-0.3, -0.25) is 0 Å². The molecule has 0 bridgehead atoms. The van der Waals surface area contributed by atoms with E-state index in [9.17, 15) is 21.6 Å². The van der Waals surface area contributed by atoms with E-state index in [-0.39, 0.29) is 4.90 Å². The van der Waals surface area contributed by atoms with E-state index in [1.165, 1.54) is 18.3 Å². The Morgan fingerprint density at radius 2 is 2.05 bits per heavy atom. The van der Waals surface area contributed by atoms with Crippen molar-refractivity contribution in [2.75, 3.05) is 12.4 Å². The Morgan fingerprint density at radius 3 is 2.58 bits per heavy atom. The topological polar surface area (TPSA) is 71.1 Å². The average Bonchev–Trinajstić information content (AvgIpc) is 2.25. The van der Waals surface area contributed by atoms with Crippen LogP contribution in [0.4, 0.5) is 19.0 Å². The minimum atomic E-state index is -4.42. The zero-order valence-electron chi connectivity index (χ0n) is 10.3. The number of hydrogen-bond donors (Lipinski definition) is 2.